The van der Waals surface area contributed by atoms with Crippen molar-refractivity contribution in [2.45, 2.75) is 50.6 Å². The van der Waals surface area contributed by atoms with Gasteiger partial charge in [-0.05, 0) is 67.9 Å². The van der Waals surface area contributed by atoms with E-state index in [4.69, 9.17) is 0 Å². The molecular formula is C25H27N3O3. The number of likely N-dealkylation sites (tertiary alicyclic amines) is 1. The third-order valence-electron chi connectivity index (χ3n) is 7.11. The summed E-state index contributed by atoms with van der Waals surface area (Å²) in [6, 6.07) is 13.2. The average molecular weight is 418 g/mol. The maximum Gasteiger partial charge on any atom is 0.269 e. The van der Waals surface area contributed by atoms with Gasteiger partial charge >= 0.3 is 0 Å². The van der Waals surface area contributed by atoms with Crippen LogP contribution in [0.5, 0.6) is 0 Å². The smallest absolute Gasteiger partial charge is 0.269 e. The van der Waals surface area contributed by atoms with Crippen LogP contribution in [-0.2, 0) is 0 Å². The number of non-ortho nitro benzene ring substituents is 1. The second kappa shape index (κ2) is 7.84. The summed E-state index contributed by atoms with van der Waals surface area (Å²) in [6.07, 6.45) is 8.65. The van der Waals surface area contributed by atoms with E-state index in [-0.39, 0.29) is 40.4 Å². The first-order valence-corrected chi connectivity index (χ1v) is 11.2. The first kappa shape index (κ1) is 19.8. The molecule has 1 saturated heterocycles. The molecule has 2 heterocycles. The van der Waals surface area contributed by atoms with Gasteiger partial charge in [0.1, 0.15) is 0 Å². The molecule has 0 radical (unpaired) electrons. The number of benzene rings is 2. The van der Waals surface area contributed by atoms with E-state index in [1.807, 2.05) is 23.1 Å². The van der Waals surface area contributed by atoms with Crippen molar-refractivity contribution in [1.29, 1.82) is 0 Å². The average Bonchev–Trinajstić information content (AvgIpc) is 3.28. The molecule has 1 amide bonds. The molecule has 5 rings (SSSR count). The van der Waals surface area contributed by atoms with Crippen LogP contribution in [0, 0.1) is 16.0 Å². The summed E-state index contributed by atoms with van der Waals surface area (Å²) in [6.45, 7) is 2.96. The molecule has 2 aliphatic heterocycles. The molecule has 4 atom stereocenters. The van der Waals surface area contributed by atoms with Crippen LogP contribution in [0.1, 0.15) is 66.1 Å². The minimum absolute atomic E-state index is 0.00364. The zero-order valence-corrected chi connectivity index (χ0v) is 17.7. The Morgan fingerprint density at radius 2 is 2.06 bits per heavy atom. The summed E-state index contributed by atoms with van der Waals surface area (Å²) in [5.74, 6) is 0.593. The van der Waals surface area contributed by atoms with Gasteiger partial charge in [0.2, 0.25) is 0 Å². The Hall–Kier alpha value is -3.15. The monoisotopic (exact) mass is 417 g/mol. The van der Waals surface area contributed by atoms with Crippen molar-refractivity contribution in [2.75, 3.05) is 11.9 Å². The highest BCUT2D eigenvalue weighted by molar-refractivity contribution is 5.95. The highest BCUT2D eigenvalue weighted by Crippen LogP contribution is 2.50. The van der Waals surface area contributed by atoms with Crippen LogP contribution in [0.3, 0.4) is 0 Å². The van der Waals surface area contributed by atoms with Crippen LogP contribution in [0.15, 0.2) is 54.6 Å². The third kappa shape index (κ3) is 3.50. The normalized spacial score (nSPS) is 26.7. The van der Waals surface area contributed by atoms with E-state index in [0.717, 1.165) is 48.2 Å². The maximum atomic E-state index is 13.2. The Kier molecular flexibility index (Phi) is 5.00. The number of nitro groups is 1. The lowest BCUT2D eigenvalue weighted by Gasteiger charge is -2.38. The van der Waals surface area contributed by atoms with Crippen molar-refractivity contribution in [3.8, 4) is 0 Å². The summed E-state index contributed by atoms with van der Waals surface area (Å²) in [5, 5.41) is 14.9. The van der Waals surface area contributed by atoms with Crippen molar-refractivity contribution in [2.24, 2.45) is 5.92 Å². The molecule has 1 fully saturated rings. The van der Waals surface area contributed by atoms with Gasteiger partial charge in [0.25, 0.3) is 11.6 Å². The molecule has 0 saturated carbocycles. The van der Waals surface area contributed by atoms with Crippen molar-refractivity contribution >= 4 is 17.3 Å². The number of nitro benzene ring substituents is 1. The van der Waals surface area contributed by atoms with E-state index < -0.39 is 0 Å². The molecule has 0 spiro atoms. The maximum absolute atomic E-state index is 13.2. The number of nitrogens with zero attached hydrogens (tertiary/aromatic N) is 2. The lowest BCUT2D eigenvalue weighted by atomic mass is 9.76. The molecule has 160 valence electrons. The highest BCUT2D eigenvalue weighted by atomic mass is 16.6. The SMILES string of the molecule is C[C@H]1CCCCN1C(=O)c1ccc2c(c1)[C@H]1C=CC[C@@H]1[C@@H](c1cccc([N+](=O)[O-])c1)N2. The van der Waals surface area contributed by atoms with Crippen LogP contribution >= 0.6 is 0 Å². The number of carbonyl (C=O) groups is 1. The first-order valence-electron chi connectivity index (χ1n) is 11.2. The molecule has 6 nitrogen and oxygen atoms in total. The summed E-state index contributed by atoms with van der Waals surface area (Å²) in [4.78, 5) is 26.1. The molecule has 31 heavy (non-hydrogen) atoms. The van der Waals surface area contributed by atoms with Crippen LogP contribution in [-0.4, -0.2) is 28.3 Å². The number of allylic oxidation sites excluding steroid dienone is 2. The predicted molar refractivity (Wildman–Crippen MR) is 120 cm³/mol. The fourth-order valence-corrected chi connectivity index (χ4v) is 5.45. The number of rotatable bonds is 3. The highest BCUT2D eigenvalue weighted by Gasteiger charge is 2.38. The number of hydrogen-bond donors (Lipinski definition) is 1. The largest absolute Gasteiger partial charge is 0.378 e. The van der Waals surface area contributed by atoms with E-state index >= 15 is 0 Å². The molecule has 1 aliphatic carbocycles. The van der Waals surface area contributed by atoms with E-state index in [1.165, 1.54) is 12.5 Å². The van der Waals surface area contributed by atoms with Gasteiger partial charge in [-0.25, -0.2) is 0 Å². The van der Waals surface area contributed by atoms with Crippen LogP contribution in [0.2, 0.25) is 0 Å². The van der Waals surface area contributed by atoms with E-state index in [1.54, 1.807) is 12.1 Å². The predicted octanol–water partition coefficient (Wildman–Crippen LogP) is 5.44. The van der Waals surface area contributed by atoms with Gasteiger partial charge in [-0.3, -0.25) is 14.9 Å². The lowest BCUT2D eigenvalue weighted by Crippen LogP contribution is -2.42. The number of carbonyl (C=O) groups excluding carboxylic acids is 1. The van der Waals surface area contributed by atoms with E-state index in [2.05, 4.69) is 30.5 Å². The molecule has 2 aromatic rings. The lowest BCUT2D eigenvalue weighted by molar-refractivity contribution is -0.384. The molecule has 0 aromatic heterocycles. The van der Waals surface area contributed by atoms with Gasteiger partial charge < -0.3 is 10.2 Å². The standard InChI is InChI=1S/C25H27N3O3/c1-16-6-2-3-13-27(16)25(29)18-11-12-23-22(15-18)20-9-5-10-21(20)24(26-23)17-7-4-8-19(14-17)28(30)31/h4-5,7-9,11-12,14-16,20-21,24,26H,2-3,6,10,13H2,1H3/t16-,20-,21-,24+/m0/s1. The van der Waals surface area contributed by atoms with Crippen molar-refractivity contribution in [3.05, 3.63) is 81.4 Å². The molecule has 3 aliphatic rings. The zero-order valence-electron chi connectivity index (χ0n) is 17.7. The fraction of sp³-hybridized carbons (Fsp3) is 0.400. The Balaban J connectivity index is 1.47. The molecule has 0 bridgehead atoms. The second-order valence-corrected chi connectivity index (χ2v) is 8.97. The van der Waals surface area contributed by atoms with Gasteiger partial charge in [-0.2, -0.15) is 0 Å². The topological polar surface area (TPSA) is 75.5 Å². The van der Waals surface area contributed by atoms with Gasteiger partial charge in [-0.15, -0.1) is 0 Å². The minimum atomic E-state index is -0.343. The Morgan fingerprint density at radius 1 is 1.19 bits per heavy atom. The number of anilines is 1. The number of hydrogen-bond acceptors (Lipinski definition) is 4. The van der Waals surface area contributed by atoms with Gasteiger partial charge in [0.15, 0.2) is 0 Å². The van der Waals surface area contributed by atoms with Crippen molar-refractivity contribution < 1.29 is 9.72 Å². The molecule has 2 aromatic carbocycles. The summed E-state index contributed by atoms with van der Waals surface area (Å²) in [7, 11) is 0. The summed E-state index contributed by atoms with van der Waals surface area (Å²) >= 11 is 0. The number of amides is 1. The van der Waals surface area contributed by atoms with Crippen molar-refractivity contribution in [1.82, 2.24) is 4.90 Å². The second-order valence-electron chi connectivity index (χ2n) is 8.97. The third-order valence-corrected chi connectivity index (χ3v) is 7.11. The van der Waals surface area contributed by atoms with E-state index in [9.17, 15) is 14.9 Å². The number of nitrogens with one attached hydrogen (secondary N) is 1. The Bertz CT molecular complexity index is 1060. The molecule has 6 heteroatoms. The van der Waals surface area contributed by atoms with E-state index in [0.29, 0.717) is 0 Å². The summed E-state index contributed by atoms with van der Waals surface area (Å²) in [5.41, 5.74) is 3.95. The van der Waals surface area contributed by atoms with Gasteiger partial charge in [0.05, 0.1) is 11.0 Å². The van der Waals surface area contributed by atoms with Gasteiger partial charge in [0, 0.05) is 41.9 Å². The molecule has 0 unspecified atom stereocenters. The zero-order chi connectivity index (χ0) is 21.5. The fourth-order valence-electron chi connectivity index (χ4n) is 5.45. The molecule has 1 N–H and O–H groups in total. The summed E-state index contributed by atoms with van der Waals surface area (Å²) < 4.78 is 0. The Morgan fingerprint density at radius 3 is 2.87 bits per heavy atom. The number of fused-ring (bicyclic) bond motifs is 3. The minimum Gasteiger partial charge on any atom is -0.378 e. The number of piperidine rings is 1. The quantitative estimate of drug-likeness (QED) is 0.410. The van der Waals surface area contributed by atoms with Crippen LogP contribution in [0.4, 0.5) is 11.4 Å². The van der Waals surface area contributed by atoms with Crippen LogP contribution < -0.4 is 5.32 Å². The van der Waals surface area contributed by atoms with Crippen LogP contribution in [0.25, 0.3) is 0 Å². The Labute approximate surface area is 182 Å². The molecular weight excluding hydrogens is 390 g/mol. The van der Waals surface area contributed by atoms with Crippen molar-refractivity contribution in [3.63, 3.8) is 0 Å². The van der Waals surface area contributed by atoms with Gasteiger partial charge in [-0.1, -0.05) is 24.3 Å². The first-order chi connectivity index (χ1) is 15.0.